The number of nitrogens with one attached hydrogen (secondary N) is 1. The molecule has 104 valence electrons. The van der Waals surface area contributed by atoms with Crippen LogP contribution in [0.25, 0.3) is 4.96 Å². The van der Waals surface area contributed by atoms with E-state index in [2.05, 4.69) is 34.7 Å². The monoisotopic (exact) mass is 279 g/mol. The Hall–Kier alpha value is -0.910. The number of hydrogen-bond acceptors (Lipinski definition) is 4. The third-order valence-corrected chi connectivity index (χ3v) is 5.08. The van der Waals surface area contributed by atoms with Gasteiger partial charge < -0.3 is 10.1 Å². The van der Waals surface area contributed by atoms with E-state index >= 15 is 0 Å². The highest BCUT2D eigenvalue weighted by Gasteiger charge is 2.36. The van der Waals surface area contributed by atoms with Gasteiger partial charge in [0.2, 0.25) is 0 Å². The van der Waals surface area contributed by atoms with Gasteiger partial charge in [-0.15, -0.1) is 11.3 Å². The molecule has 0 bridgehead atoms. The van der Waals surface area contributed by atoms with Gasteiger partial charge in [0, 0.05) is 31.3 Å². The standard InChI is InChI=1S/C14H21N3OS/c1-10-8-17-12(11(2)16-13(17)19-10)7-15-9-14(18-3)5-4-6-14/h8,15H,4-7,9H2,1-3H3. The van der Waals surface area contributed by atoms with Crippen molar-refractivity contribution in [2.24, 2.45) is 0 Å². The van der Waals surface area contributed by atoms with Crippen LogP contribution in [0.4, 0.5) is 0 Å². The molecule has 2 heterocycles. The molecule has 0 unspecified atom stereocenters. The number of fused-ring (bicyclic) bond motifs is 1. The van der Waals surface area contributed by atoms with E-state index in [1.54, 1.807) is 11.3 Å². The van der Waals surface area contributed by atoms with Crippen molar-refractivity contribution in [3.63, 3.8) is 0 Å². The molecule has 19 heavy (non-hydrogen) atoms. The number of hydrogen-bond donors (Lipinski definition) is 1. The summed E-state index contributed by atoms with van der Waals surface area (Å²) in [5, 5.41) is 3.54. The predicted octanol–water partition coefficient (Wildman–Crippen LogP) is 2.67. The van der Waals surface area contributed by atoms with E-state index < -0.39 is 0 Å². The number of thiazole rings is 1. The van der Waals surface area contributed by atoms with Crippen molar-refractivity contribution in [2.45, 2.75) is 45.3 Å². The van der Waals surface area contributed by atoms with E-state index in [9.17, 15) is 0 Å². The quantitative estimate of drug-likeness (QED) is 0.914. The number of ether oxygens (including phenoxy) is 1. The van der Waals surface area contributed by atoms with Crippen molar-refractivity contribution >= 4 is 16.3 Å². The molecule has 0 radical (unpaired) electrons. The highest BCUT2D eigenvalue weighted by atomic mass is 32.1. The van der Waals surface area contributed by atoms with E-state index in [-0.39, 0.29) is 5.60 Å². The minimum absolute atomic E-state index is 0.0856. The van der Waals surface area contributed by atoms with Gasteiger partial charge in [0.15, 0.2) is 4.96 Å². The minimum atomic E-state index is 0.0856. The maximum atomic E-state index is 5.63. The van der Waals surface area contributed by atoms with Crippen LogP contribution in [0.1, 0.15) is 35.5 Å². The van der Waals surface area contributed by atoms with E-state index in [4.69, 9.17) is 4.74 Å². The third kappa shape index (κ3) is 2.30. The zero-order chi connectivity index (χ0) is 13.5. The first-order valence-electron chi connectivity index (χ1n) is 6.83. The van der Waals surface area contributed by atoms with Gasteiger partial charge in [-0.2, -0.15) is 0 Å². The SMILES string of the molecule is COC1(CNCc2c(C)nc3sc(C)cn23)CCC1. The minimum Gasteiger partial charge on any atom is -0.377 e. The zero-order valence-electron chi connectivity index (χ0n) is 11.8. The zero-order valence-corrected chi connectivity index (χ0v) is 12.6. The Balaban J connectivity index is 1.69. The van der Waals surface area contributed by atoms with Crippen LogP contribution in [-0.4, -0.2) is 28.6 Å². The van der Waals surface area contributed by atoms with E-state index in [1.165, 1.54) is 29.8 Å². The van der Waals surface area contributed by atoms with Crippen LogP contribution in [0.15, 0.2) is 6.20 Å². The van der Waals surface area contributed by atoms with Crippen LogP contribution in [0.5, 0.6) is 0 Å². The first kappa shape index (κ1) is 13.1. The molecule has 0 aliphatic heterocycles. The molecule has 1 fully saturated rings. The Labute approximate surface area is 117 Å². The third-order valence-electron chi connectivity index (χ3n) is 4.18. The lowest BCUT2D eigenvalue weighted by molar-refractivity contribution is -0.0695. The molecule has 2 aromatic rings. The molecule has 3 rings (SSSR count). The number of rotatable bonds is 5. The van der Waals surface area contributed by atoms with Crippen molar-refractivity contribution in [3.8, 4) is 0 Å². The smallest absolute Gasteiger partial charge is 0.194 e. The van der Waals surface area contributed by atoms with Crippen molar-refractivity contribution in [3.05, 3.63) is 22.5 Å². The first-order chi connectivity index (χ1) is 9.13. The topological polar surface area (TPSA) is 38.6 Å². The summed E-state index contributed by atoms with van der Waals surface area (Å²) in [4.78, 5) is 7.01. The van der Waals surface area contributed by atoms with Gasteiger partial charge in [0.1, 0.15) is 0 Å². The van der Waals surface area contributed by atoms with E-state index in [0.717, 1.165) is 23.7 Å². The Kier molecular flexibility index (Phi) is 3.37. The fourth-order valence-electron chi connectivity index (χ4n) is 2.75. The molecule has 5 heteroatoms. The maximum absolute atomic E-state index is 5.63. The average Bonchev–Trinajstić information content (AvgIpc) is 2.79. The second-order valence-electron chi connectivity index (χ2n) is 5.48. The lowest BCUT2D eigenvalue weighted by Crippen LogP contribution is -2.47. The lowest BCUT2D eigenvalue weighted by Gasteiger charge is -2.40. The number of aromatic nitrogens is 2. The lowest BCUT2D eigenvalue weighted by atomic mass is 9.80. The molecule has 0 aromatic carbocycles. The van der Waals surface area contributed by atoms with E-state index in [0.29, 0.717) is 0 Å². The molecular weight excluding hydrogens is 258 g/mol. The average molecular weight is 279 g/mol. The van der Waals surface area contributed by atoms with Gasteiger partial charge >= 0.3 is 0 Å². The van der Waals surface area contributed by atoms with Gasteiger partial charge in [0.05, 0.1) is 17.0 Å². The fourth-order valence-corrected chi connectivity index (χ4v) is 3.64. The summed E-state index contributed by atoms with van der Waals surface area (Å²) in [6.45, 7) is 6.00. The normalized spacial score (nSPS) is 17.8. The van der Waals surface area contributed by atoms with Crippen molar-refractivity contribution < 1.29 is 4.74 Å². The Morgan fingerprint density at radius 1 is 1.47 bits per heavy atom. The van der Waals surface area contributed by atoms with Crippen LogP contribution in [0, 0.1) is 13.8 Å². The van der Waals surface area contributed by atoms with Gasteiger partial charge in [0.25, 0.3) is 0 Å². The molecule has 0 saturated heterocycles. The highest BCUT2D eigenvalue weighted by Crippen LogP contribution is 2.34. The molecule has 1 aliphatic rings. The largest absolute Gasteiger partial charge is 0.377 e. The molecule has 1 saturated carbocycles. The summed E-state index contributed by atoms with van der Waals surface area (Å²) < 4.78 is 7.84. The van der Waals surface area contributed by atoms with Crippen molar-refractivity contribution in [1.29, 1.82) is 0 Å². The molecule has 0 amide bonds. The first-order valence-corrected chi connectivity index (χ1v) is 7.65. The molecule has 2 aromatic heterocycles. The number of imidazole rings is 1. The summed E-state index contributed by atoms with van der Waals surface area (Å²) in [7, 11) is 1.82. The number of aryl methyl sites for hydroxylation is 2. The number of nitrogens with zero attached hydrogens (tertiary/aromatic N) is 2. The van der Waals surface area contributed by atoms with Crippen LogP contribution in [0.2, 0.25) is 0 Å². The van der Waals surface area contributed by atoms with Gasteiger partial charge in [-0.3, -0.25) is 4.40 Å². The van der Waals surface area contributed by atoms with Gasteiger partial charge in [-0.05, 0) is 33.1 Å². The second kappa shape index (κ2) is 4.89. The summed E-state index contributed by atoms with van der Waals surface area (Å²) in [5.41, 5.74) is 2.48. The number of methoxy groups -OCH3 is 1. The maximum Gasteiger partial charge on any atom is 0.194 e. The Bertz CT molecular complexity index is 577. The van der Waals surface area contributed by atoms with Gasteiger partial charge in [-0.1, -0.05) is 0 Å². The summed E-state index contributed by atoms with van der Waals surface area (Å²) >= 11 is 1.75. The van der Waals surface area contributed by atoms with E-state index in [1.807, 2.05) is 7.11 Å². The van der Waals surface area contributed by atoms with Gasteiger partial charge in [-0.25, -0.2) is 4.98 Å². The molecule has 1 aliphatic carbocycles. The molecule has 4 nitrogen and oxygen atoms in total. The molecular formula is C14H21N3OS. The molecule has 0 atom stereocenters. The molecule has 1 N–H and O–H groups in total. The molecule has 0 spiro atoms. The second-order valence-corrected chi connectivity index (χ2v) is 6.70. The van der Waals surface area contributed by atoms with Crippen molar-refractivity contribution in [2.75, 3.05) is 13.7 Å². The Morgan fingerprint density at radius 2 is 2.26 bits per heavy atom. The predicted molar refractivity (Wildman–Crippen MR) is 77.8 cm³/mol. The van der Waals surface area contributed by atoms with Crippen LogP contribution in [-0.2, 0) is 11.3 Å². The summed E-state index contributed by atoms with van der Waals surface area (Å²) in [5.74, 6) is 0. The summed E-state index contributed by atoms with van der Waals surface area (Å²) in [6.07, 6.45) is 5.81. The van der Waals surface area contributed by atoms with Crippen LogP contribution >= 0.6 is 11.3 Å². The van der Waals surface area contributed by atoms with Crippen molar-refractivity contribution in [1.82, 2.24) is 14.7 Å². The highest BCUT2D eigenvalue weighted by molar-refractivity contribution is 7.17. The fraction of sp³-hybridized carbons (Fsp3) is 0.643. The van der Waals surface area contributed by atoms with Crippen LogP contribution in [0.3, 0.4) is 0 Å². The Morgan fingerprint density at radius 3 is 2.89 bits per heavy atom. The van der Waals surface area contributed by atoms with Crippen LogP contribution < -0.4 is 5.32 Å². The summed E-state index contributed by atoms with van der Waals surface area (Å²) in [6, 6.07) is 0.